The molecule has 1 aromatic carbocycles. The fourth-order valence-corrected chi connectivity index (χ4v) is 2.90. The zero-order chi connectivity index (χ0) is 13.6. The molecule has 0 saturated carbocycles. The first-order valence-electron chi connectivity index (χ1n) is 6.13. The van der Waals surface area contributed by atoms with Gasteiger partial charge >= 0.3 is 6.18 Å². The van der Waals surface area contributed by atoms with Gasteiger partial charge in [0.05, 0.1) is 13.2 Å². The van der Waals surface area contributed by atoms with Crippen LogP contribution in [0.15, 0.2) is 18.2 Å². The molecule has 2 heterocycles. The number of hydrogen-bond donors (Lipinski definition) is 1. The summed E-state index contributed by atoms with van der Waals surface area (Å²) in [5.74, 6) is 0.0554. The number of halogens is 3. The lowest BCUT2D eigenvalue weighted by Gasteiger charge is -2.37. The summed E-state index contributed by atoms with van der Waals surface area (Å²) >= 11 is 0. The summed E-state index contributed by atoms with van der Waals surface area (Å²) in [5, 5.41) is 2.60. The smallest absolute Gasteiger partial charge is 0.408 e. The van der Waals surface area contributed by atoms with Crippen molar-refractivity contribution in [3.63, 3.8) is 0 Å². The van der Waals surface area contributed by atoms with Gasteiger partial charge in [-0.05, 0) is 24.6 Å². The molecule has 0 aliphatic carbocycles. The molecule has 2 aliphatic rings. The van der Waals surface area contributed by atoms with Crippen LogP contribution < -0.4 is 10.1 Å². The topological polar surface area (TPSA) is 30.5 Å². The monoisotopic (exact) mass is 273 g/mol. The van der Waals surface area contributed by atoms with Crippen LogP contribution >= 0.6 is 0 Å². The molecule has 0 bridgehead atoms. The molecule has 104 valence electrons. The van der Waals surface area contributed by atoms with Gasteiger partial charge in [-0.3, -0.25) is 0 Å². The zero-order valence-electron chi connectivity index (χ0n) is 10.3. The number of anilines is 1. The van der Waals surface area contributed by atoms with Gasteiger partial charge in [0.15, 0.2) is 0 Å². The van der Waals surface area contributed by atoms with Gasteiger partial charge in [-0.2, -0.15) is 13.2 Å². The predicted molar refractivity (Wildman–Crippen MR) is 63.3 cm³/mol. The number of alkyl halides is 3. The maximum absolute atomic E-state index is 13.1. The number of benzene rings is 1. The van der Waals surface area contributed by atoms with Crippen molar-refractivity contribution in [3.05, 3.63) is 23.8 Å². The quantitative estimate of drug-likeness (QED) is 0.852. The number of rotatable bonds is 1. The lowest BCUT2D eigenvalue weighted by molar-refractivity contribution is -0.159. The van der Waals surface area contributed by atoms with E-state index >= 15 is 0 Å². The third-order valence-electron chi connectivity index (χ3n) is 3.79. The minimum absolute atomic E-state index is 0.361. The second kappa shape index (κ2) is 4.30. The van der Waals surface area contributed by atoms with Crippen LogP contribution in [0.4, 0.5) is 18.9 Å². The number of hydrogen-bond acceptors (Lipinski definition) is 3. The molecule has 19 heavy (non-hydrogen) atoms. The van der Waals surface area contributed by atoms with Crippen LogP contribution in [0.5, 0.6) is 5.75 Å². The van der Waals surface area contributed by atoms with Crippen LogP contribution in [0.2, 0.25) is 0 Å². The van der Waals surface area contributed by atoms with Crippen molar-refractivity contribution in [2.45, 2.75) is 24.7 Å². The molecule has 3 nitrogen and oxygen atoms in total. The molecule has 3 rings (SSSR count). The van der Waals surface area contributed by atoms with Crippen molar-refractivity contribution in [3.8, 4) is 5.75 Å². The van der Waals surface area contributed by atoms with Gasteiger partial charge in [0.25, 0.3) is 0 Å². The Morgan fingerprint density at radius 3 is 2.84 bits per heavy atom. The molecule has 1 unspecified atom stereocenters. The fourth-order valence-electron chi connectivity index (χ4n) is 2.90. The lowest BCUT2D eigenvalue weighted by Crippen LogP contribution is -2.46. The van der Waals surface area contributed by atoms with Gasteiger partial charge in [0.2, 0.25) is 0 Å². The zero-order valence-corrected chi connectivity index (χ0v) is 10.3. The molecule has 1 fully saturated rings. The maximum Gasteiger partial charge on any atom is 0.408 e. The van der Waals surface area contributed by atoms with E-state index in [2.05, 4.69) is 5.32 Å². The van der Waals surface area contributed by atoms with E-state index < -0.39 is 24.2 Å². The maximum atomic E-state index is 13.1. The van der Waals surface area contributed by atoms with Crippen LogP contribution in [0.25, 0.3) is 0 Å². The van der Waals surface area contributed by atoms with Gasteiger partial charge < -0.3 is 14.8 Å². The van der Waals surface area contributed by atoms with E-state index in [0.29, 0.717) is 24.5 Å². The van der Waals surface area contributed by atoms with E-state index in [1.165, 1.54) is 7.11 Å². The van der Waals surface area contributed by atoms with E-state index in [-0.39, 0.29) is 0 Å². The Bertz CT molecular complexity index is 489. The molecule has 3 atom stereocenters. The van der Waals surface area contributed by atoms with E-state index in [0.717, 1.165) is 5.56 Å². The molecule has 1 N–H and O–H groups in total. The molecule has 0 spiro atoms. The lowest BCUT2D eigenvalue weighted by atomic mass is 9.84. The van der Waals surface area contributed by atoms with Crippen LogP contribution in [0.3, 0.4) is 0 Å². The molecule has 1 saturated heterocycles. The van der Waals surface area contributed by atoms with E-state index in [4.69, 9.17) is 9.47 Å². The van der Waals surface area contributed by atoms with Gasteiger partial charge in [0, 0.05) is 23.8 Å². The molecule has 0 amide bonds. The van der Waals surface area contributed by atoms with Gasteiger partial charge in [0.1, 0.15) is 11.8 Å². The highest BCUT2D eigenvalue weighted by atomic mass is 19.4. The number of ether oxygens (including phenoxy) is 2. The van der Waals surface area contributed by atoms with Gasteiger partial charge in [-0.1, -0.05) is 0 Å². The van der Waals surface area contributed by atoms with Gasteiger partial charge in [-0.15, -0.1) is 0 Å². The Morgan fingerprint density at radius 2 is 2.16 bits per heavy atom. The number of methoxy groups -OCH3 is 1. The van der Waals surface area contributed by atoms with Crippen LogP contribution in [-0.2, 0) is 4.74 Å². The summed E-state index contributed by atoms with van der Waals surface area (Å²) in [4.78, 5) is 0. The van der Waals surface area contributed by atoms with Crippen LogP contribution in [0.1, 0.15) is 18.1 Å². The van der Waals surface area contributed by atoms with Crippen LogP contribution in [0, 0.1) is 5.92 Å². The molecular formula is C13H14F3NO2. The largest absolute Gasteiger partial charge is 0.497 e. The van der Waals surface area contributed by atoms with E-state index in [1.54, 1.807) is 18.2 Å². The standard InChI is InChI=1S/C13H14F3NO2/c1-18-7-2-3-10-9(6-7)11-8(4-5-19-11)12(17-10)13(14,15)16/h2-3,6,8,11-12,17H,4-5H2,1H3/t8-,11+,12?/m0/s1. The Kier molecular flexibility index (Phi) is 2.85. The first-order chi connectivity index (χ1) is 9.00. The highest BCUT2D eigenvalue weighted by Crippen LogP contribution is 2.49. The third kappa shape index (κ3) is 2.04. The first-order valence-corrected chi connectivity index (χ1v) is 6.13. The number of nitrogens with one attached hydrogen (secondary N) is 1. The van der Waals surface area contributed by atoms with Crippen molar-refractivity contribution < 1.29 is 22.6 Å². The number of fused-ring (bicyclic) bond motifs is 3. The Labute approximate surface area is 108 Å². The van der Waals surface area contributed by atoms with Gasteiger partial charge in [-0.25, -0.2) is 0 Å². The highest BCUT2D eigenvalue weighted by Gasteiger charge is 2.52. The summed E-state index contributed by atoms with van der Waals surface area (Å²) in [5.41, 5.74) is 1.23. The second-order valence-electron chi connectivity index (χ2n) is 4.86. The average Bonchev–Trinajstić information content (AvgIpc) is 2.85. The summed E-state index contributed by atoms with van der Waals surface area (Å²) in [6.45, 7) is 0.361. The minimum Gasteiger partial charge on any atom is -0.497 e. The van der Waals surface area contributed by atoms with Crippen LogP contribution in [-0.4, -0.2) is 25.9 Å². The third-order valence-corrected chi connectivity index (χ3v) is 3.79. The van der Waals surface area contributed by atoms with E-state index in [9.17, 15) is 13.2 Å². The fraction of sp³-hybridized carbons (Fsp3) is 0.538. The highest BCUT2D eigenvalue weighted by molar-refractivity contribution is 5.59. The Hall–Kier alpha value is -1.43. The summed E-state index contributed by atoms with van der Waals surface area (Å²) in [6, 6.07) is 3.47. The van der Waals surface area contributed by atoms with Crippen molar-refractivity contribution in [1.82, 2.24) is 0 Å². The van der Waals surface area contributed by atoms with Crippen molar-refractivity contribution in [2.24, 2.45) is 5.92 Å². The minimum atomic E-state index is -4.27. The molecular weight excluding hydrogens is 259 g/mol. The normalized spacial score (nSPS) is 29.4. The van der Waals surface area contributed by atoms with Crippen molar-refractivity contribution >= 4 is 5.69 Å². The molecule has 6 heteroatoms. The molecule has 1 aromatic rings. The summed E-state index contributed by atoms with van der Waals surface area (Å²) in [7, 11) is 1.53. The molecule has 2 aliphatic heterocycles. The summed E-state index contributed by atoms with van der Waals surface area (Å²) in [6.07, 6.45) is -4.36. The Balaban J connectivity index is 2.03. The Morgan fingerprint density at radius 1 is 1.37 bits per heavy atom. The molecule has 0 radical (unpaired) electrons. The predicted octanol–water partition coefficient (Wildman–Crippen LogP) is 3.13. The second-order valence-corrected chi connectivity index (χ2v) is 4.86. The van der Waals surface area contributed by atoms with E-state index in [1.807, 2.05) is 0 Å². The van der Waals surface area contributed by atoms with Crippen molar-refractivity contribution in [1.29, 1.82) is 0 Å². The molecule has 0 aromatic heterocycles. The SMILES string of the molecule is COc1ccc2c(c1)[C@@H]1OCC[C@@H]1C(C(F)(F)F)N2. The first kappa shape index (κ1) is 12.6. The van der Waals surface area contributed by atoms with Crippen molar-refractivity contribution in [2.75, 3.05) is 19.0 Å². The summed E-state index contributed by atoms with van der Waals surface area (Å²) < 4.78 is 49.9. The average molecular weight is 273 g/mol.